The highest BCUT2D eigenvalue weighted by Gasteiger charge is 2.27. The Morgan fingerprint density at radius 3 is 1.87 bits per heavy atom. The van der Waals surface area contributed by atoms with Gasteiger partial charge in [0, 0.05) is 54.0 Å². The second-order valence-electron chi connectivity index (χ2n) is 14.1. The van der Waals surface area contributed by atoms with Gasteiger partial charge in [-0.15, -0.1) is 0 Å². The number of aromatic nitrogens is 4. The third kappa shape index (κ3) is 3.42. The van der Waals surface area contributed by atoms with Gasteiger partial charge >= 0.3 is 0 Å². The van der Waals surface area contributed by atoms with Crippen molar-refractivity contribution in [2.24, 2.45) is 0 Å². The monoisotopic (exact) mass is 674 g/mol. The van der Waals surface area contributed by atoms with E-state index in [0.717, 1.165) is 55.1 Å². The number of fused-ring (bicyclic) bond motifs is 17. The van der Waals surface area contributed by atoms with E-state index in [1.165, 1.54) is 59.6 Å². The maximum absolute atomic E-state index is 6.37. The molecule has 5 heteroatoms. The normalized spacial score (nSPS) is 12.5. The number of hydrogen-bond donors (Lipinski definition) is 0. The zero-order valence-corrected chi connectivity index (χ0v) is 28.2. The Hall–Kier alpha value is -7.24. The van der Waals surface area contributed by atoms with Crippen LogP contribution in [0.4, 0.5) is 0 Å². The van der Waals surface area contributed by atoms with E-state index in [2.05, 4.69) is 155 Å². The summed E-state index contributed by atoms with van der Waals surface area (Å²) in [6, 6.07) is 56.1. The second kappa shape index (κ2) is 9.75. The lowest BCUT2D eigenvalue weighted by Crippen LogP contribution is -2.04. The lowest BCUT2D eigenvalue weighted by molar-refractivity contribution is 0.669. The fraction of sp³-hybridized carbons (Fsp3) is 0. The van der Waals surface area contributed by atoms with Gasteiger partial charge in [0.1, 0.15) is 11.2 Å². The zero-order valence-electron chi connectivity index (χ0n) is 28.2. The van der Waals surface area contributed by atoms with Crippen molar-refractivity contribution in [1.29, 1.82) is 0 Å². The van der Waals surface area contributed by atoms with Crippen molar-refractivity contribution in [3.8, 4) is 17.2 Å². The van der Waals surface area contributed by atoms with Gasteiger partial charge < -0.3 is 8.82 Å². The van der Waals surface area contributed by atoms with Crippen LogP contribution in [0.2, 0.25) is 0 Å². The molecular formula is C48H26N4O. The molecule has 0 aliphatic rings. The fourth-order valence-corrected chi connectivity index (χ4v) is 9.31. The van der Waals surface area contributed by atoms with E-state index in [4.69, 9.17) is 14.4 Å². The molecule has 53 heavy (non-hydrogen) atoms. The molecule has 0 N–H and O–H groups in total. The molecule has 0 bridgehead atoms. The van der Waals surface area contributed by atoms with Gasteiger partial charge in [0.15, 0.2) is 0 Å². The Bertz CT molecular complexity index is 3690. The molecule has 5 aromatic heterocycles. The predicted molar refractivity (Wildman–Crippen MR) is 219 cm³/mol. The van der Waals surface area contributed by atoms with Gasteiger partial charge in [0.05, 0.1) is 38.8 Å². The summed E-state index contributed by atoms with van der Waals surface area (Å²) in [5.74, 6) is 0.635. The highest BCUT2D eigenvalue weighted by atomic mass is 16.3. The topological polar surface area (TPSA) is 48.3 Å². The van der Waals surface area contributed by atoms with E-state index in [0.29, 0.717) is 5.95 Å². The minimum atomic E-state index is 0.635. The van der Waals surface area contributed by atoms with E-state index in [1.807, 2.05) is 12.1 Å². The van der Waals surface area contributed by atoms with Crippen molar-refractivity contribution in [3.05, 3.63) is 158 Å². The standard InChI is InChI=1S/C48H26N4O/c1-2-15-32-31(14-1)42-35-17-5-9-22-39(35)52(47(42)46-43(32)36-19-11-18-33-28-12-4-8-21-38(28)51(46)45(33)36)48-49-37-20-7-3-16-34(37)44(50-48)27-24-25-30-29-13-6-10-23-40(29)53-41(30)26-27/h1-26H. The molecule has 0 aliphatic heterocycles. The highest BCUT2D eigenvalue weighted by molar-refractivity contribution is 6.38. The molecule has 244 valence electrons. The summed E-state index contributed by atoms with van der Waals surface area (Å²) >= 11 is 0. The Kier molecular flexibility index (Phi) is 5.06. The number of nitrogens with zero attached hydrogens (tertiary/aromatic N) is 4. The van der Waals surface area contributed by atoms with Crippen molar-refractivity contribution in [2.45, 2.75) is 0 Å². The quantitative estimate of drug-likeness (QED) is 0.183. The molecule has 0 radical (unpaired) electrons. The summed E-state index contributed by atoms with van der Waals surface area (Å²) in [4.78, 5) is 10.9. The van der Waals surface area contributed by atoms with Crippen molar-refractivity contribution in [1.82, 2.24) is 18.9 Å². The average Bonchev–Trinajstić information content (AvgIpc) is 3.96. The first-order valence-corrected chi connectivity index (χ1v) is 18.0. The van der Waals surface area contributed by atoms with E-state index >= 15 is 0 Å². The molecule has 0 saturated heterocycles. The molecular weight excluding hydrogens is 649 g/mol. The highest BCUT2D eigenvalue weighted by Crippen LogP contribution is 2.48. The molecule has 13 rings (SSSR count). The number of para-hydroxylation sites is 5. The molecule has 0 aliphatic carbocycles. The van der Waals surface area contributed by atoms with Gasteiger partial charge in [-0.25, -0.2) is 9.97 Å². The smallest absolute Gasteiger partial charge is 0.235 e. The minimum Gasteiger partial charge on any atom is -0.456 e. The molecule has 8 aromatic carbocycles. The van der Waals surface area contributed by atoms with E-state index < -0.39 is 0 Å². The fourth-order valence-electron chi connectivity index (χ4n) is 9.31. The molecule has 13 aromatic rings. The summed E-state index contributed by atoms with van der Waals surface area (Å²) < 4.78 is 11.2. The molecule has 0 amide bonds. The lowest BCUT2D eigenvalue weighted by Gasteiger charge is -2.13. The van der Waals surface area contributed by atoms with Crippen molar-refractivity contribution >= 4 is 104 Å². The first kappa shape index (κ1) is 27.5. The maximum atomic E-state index is 6.37. The molecule has 0 spiro atoms. The summed E-state index contributed by atoms with van der Waals surface area (Å²) in [7, 11) is 0. The first-order valence-electron chi connectivity index (χ1n) is 18.0. The third-order valence-corrected chi connectivity index (χ3v) is 11.4. The van der Waals surface area contributed by atoms with Crippen LogP contribution in [0.1, 0.15) is 0 Å². The Morgan fingerprint density at radius 2 is 1.02 bits per heavy atom. The molecule has 5 nitrogen and oxygen atoms in total. The summed E-state index contributed by atoms with van der Waals surface area (Å²) in [6.45, 7) is 0. The molecule has 0 fully saturated rings. The van der Waals surface area contributed by atoms with Gasteiger partial charge in [-0.2, -0.15) is 0 Å². The number of hydrogen-bond acceptors (Lipinski definition) is 3. The van der Waals surface area contributed by atoms with Crippen LogP contribution in [-0.4, -0.2) is 18.9 Å². The van der Waals surface area contributed by atoms with Crippen molar-refractivity contribution in [3.63, 3.8) is 0 Å². The summed E-state index contributed by atoms with van der Waals surface area (Å²) in [5, 5.41) is 13.1. The SMILES string of the molecule is c1ccc2c(-c3ccc4c(c3)oc3ccccc34)nc(-n3c4ccccc4c4c5ccccc5c5c6cccc7c8ccccc8n(c76)c5c43)nc2c1. The minimum absolute atomic E-state index is 0.635. The molecule has 0 unspecified atom stereocenters. The van der Waals surface area contributed by atoms with Crippen molar-refractivity contribution in [2.75, 3.05) is 0 Å². The first-order chi connectivity index (χ1) is 26.3. The van der Waals surface area contributed by atoms with Gasteiger partial charge in [-0.3, -0.25) is 4.57 Å². The Labute approximate surface area is 300 Å². The predicted octanol–water partition coefficient (Wildman–Crippen LogP) is 12.6. The van der Waals surface area contributed by atoms with Crippen molar-refractivity contribution < 1.29 is 4.42 Å². The maximum Gasteiger partial charge on any atom is 0.235 e. The summed E-state index contributed by atoms with van der Waals surface area (Å²) in [5.41, 5.74) is 10.3. The van der Waals surface area contributed by atoms with E-state index in [1.54, 1.807) is 0 Å². The summed E-state index contributed by atoms with van der Waals surface area (Å²) in [6.07, 6.45) is 0. The van der Waals surface area contributed by atoms with Crippen LogP contribution in [0.25, 0.3) is 121 Å². The van der Waals surface area contributed by atoms with Gasteiger partial charge in [-0.05, 0) is 47.2 Å². The molecule has 0 atom stereocenters. The average molecular weight is 675 g/mol. The molecule has 5 heterocycles. The second-order valence-corrected chi connectivity index (χ2v) is 14.1. The molecule has 0 saturated carbocycles. The van der Waals surface area contributed by atoms with Crippen LogP contribution in [0.3, 0.4) is 0 Å². The van der Waals surface area contributed by atoms with Crippen LogP contribution < -0.4 is 0 Å². The van der Waals surface area contributed by atoms with E-state index in [-0.39, 0.29) is 0 Å². The number of furan rings is 1. The van der Waals surface area contributed by atoms with Crippen LogP contribution in [0.5, 0.6) is 0 Å². The lowest BCUT2D eigenvalue weighted by atomic mass is 9.98. The van der Waals surface area contributed by atoms with Gasteiger partial charge in [-0.1, -0.05) is 121 Å². The Morgan fingerprint density at radius 1 is 0.396 bits per heavy atom. The van der Waals surface area contributed by atoms with Crippen LogP contribution in [0, 0.1) is 0 Å². The largest absolute Gasteiger partial charge is 0.456 e. The number of benzene rings is 8. The van der Waals surface area contributed by atoms with Crippen LogP contribution in [0.15, 0.2) is 162 Å². The van der Waals surface area contributed by atoms with Gasteiger partial charge in [0.25, 0.3) is 0 Å². The van der Waals surface area contributed by atoms with Gasteiger partial charge in [0.2, 0.25) is 5.95 Å². The van der Waals surface area contributed by atoms with E-state index in [9.17, 15) is 0 Å². The Balaban J connectivity index is 1.24. The van der Waals surface area contributed by atoms with Crippen LogP contribution >= 0.6 is 0 Å². The third-order valence-electron chi connectivity index (χ3n) is 11.4. The number of rotatable bonds is 2. The van der Waals surface area contributed by atoms with Crippen LogP contribution in [-0.2, 0) is 0 Å². The zero-order chi connectivity index (χ0) is 34.4.